The van der Waals surface area contributed by atoms with Gasteiger partial charge in [-0.05, 0) is 19.3 Å². The number of rotatable bonds is 8. The number of alkyl halides is 1. The molecule has 2 nitrogen and oxygen atoms in total. The van der Waals surface area contributed by atoms with Gasteiger partial charge >= 0.3 is 5.97 Å². The Morgan fingerprint density at radius 3 is 2.46 bits per heavy atom. The maximum Gasteiger partial charge on any atom is 0.303 e. The number of carbonyl (C=O) groups is 1. The number of hydrogen-bond acceptors (Lipinski definition) is 1. The Kier molecular flexibility index (Phi) is 7.65. The highest BCUT2D eigenvalue weighted by atomic mass is 19.1. The van der Waals surface area contributed by atoms with Gasteiger partial charge in [0.15, 0.2) is 0 Å². The van der Waals surface area contributed by atoms with Crippen LogP contribution in [0.5, 0.6) is 0 Å². The lowest BCUT2D eigenvalue weighted by atomic mass is 10.1. The zero-order valence-corrected chi connectivity index (χ0v) is 8.26. The first-order valence-corrected chi connectivity index (χ1v) is 5.02. The number of aliphatic carboxylic acids is 1. The van der Waals surface area contributed by atoms with Gasteiger partial charge in [0.2, 0.25) is 0 Å². The summed E-state index contributed by atoms with van der Waals surface area (Å²) in [5, 5.41) is 8.34. The third-order valence-corrected chi connectivity index (χ3v) is 2.10. The molecule has 0 aliphatic rings. The molecule has 1 N–H and O–H groups in total. The van der Waals surface area contributed by atoms with E-state index >= 15 is 0 Å². The molecule has 0 saturated heterocycles. The van der Waals surface area contributed by atoms with Crippen LogP contribution in [0.2, 0.25) is 0 Å². The fourth-order valence-electron chi connectivity index (χ4n) is 1.20. The van der Waals surface area contributed by atoms with E-state index in [1.165, 1.54) is 0 Å². The summed E-state index contributed by atoms with van der Waals surface area (Å²) in [6, 6.07) is 0. The standard InChI is InChI=1S/C10H19FO2/c1-2-9(11)7-5-3-4-6-8-10(12)13/h9H,2-8H2,1H3,(H,12,13). The lowest BCUT2D eigenvalue weighted by molar-refractivity contribution is -0.137. The van der Waals surface area contributed by atoms with E-state index < -0.39 is 12.1 Å². The Balaban J connectivity index is 3.04. The van der Waals surface area contributed by atoms with Crippen LogP contribution < -0.4 is 0 Å². The van der Waals surface area contributed by atoms with Gasteiger partial charge in [-0.3, -0.25) is 4.79 Å². The van der Waals surface area contributed by atoms with E-state index in [-0.39, 0.29) is 6.42 Å². The van der Waals surface area contributed by atoms with Crippen molar-refractivity contribution in [3.8, 4) is 0 Å². The van der Waals surface area contributed by atoms with E-state index in [1.54, 1.807) is 0 Å². The second-order valence-corrected chi connectivity index (χ2v) is 3.35. The highest BCUT2D eigenvalue weighted by Crippen LogP contribution is 2.11. The molecule has 13 heavy (non-hydrogen) atoms. The summed E-state index contributed by atoms with van der Waals surface area (Å²) >= 11 is 0. The van der Waals surface area contributed by atoms with Gasteiger partial charge in [-0.15, -0.1) is 0 Å². The molecule has 0 rings (SSSR count). The fourth-order valence-corrected chi connectivity index (χ4v) is 1.20. The minimum absolute atomic E-state index is 0.243. The number of carboxylic acid groups (broad SMARTS) is 1. The van der Waals surface area contributed by atoms with Crippen LogP contribution in [-0.4, -0.2) is 17.2 Å². The smallest absolute Gasteiger partial charge is 0.303 e. The molecule has 0 bridgehead atoms. The highest BCUT2D eigenvalue weighted by Gasteiger charge is 2.02. The molecule has 0 heterocycles. The van der Waals surface area contributed by atoms with E-state index in [9.17, 15) is 9.18 Å². The summed E-state index contributed by atoms with van der Waals surface area (Å²) in [6.45, 7) is 1.84. The molecule has 0 aromatic carbocycles. The fraction of sp³-hybridized carbons (Fsp3) is 0.900. The van der Waals surface area contributed by atoms with Crippen molar-refractivity contribution >= 4 is 5.97 Å². The quantitative estimate of drug-likeness (QED) is 0.597. The van der Waals surface area contributed by atoms with Crippen LogP contribution in [0.15, 0.2) is 0 Å². The van der Waals surface area contributed by atoms with Crippen molar-refractivity contribution < 1.29 is 14.3 Å². The van der Waals surface area contributed by atoms with Crippen LogP contribution in [0, 0.1) is 0 Å². The summed E-state index contributed by atoms with van der Waals surface area (Å²) in [6.07, 6.45) is 4.26. The Labute approximate surface area is 79.1 Å². The zero-order valence-electron chi connectivity index (χ0n) is 8.26. The number of carboxylic acids is 1. The molecule has 0 saturated carbocycles. The predicted octanol–water partition coefficient (Wildman–Crippen LogP) is 3.16. The summed E-state index contributed by atoms with van der Waals surface area (Å²) in [5.74, 6) is -0.739. The molecule has 3 heteroatoms. The van der Waals surface area contributed by atoms with E-state index in [1.807, 2.05) is 6.92 Å². The maximum absolute atomic E-state index is 12.7. The molecular formula is C10H19FO2. The third kappa shape index (κ3) is 9.31. The zero-order chi connectivity index (χ0) is 10.1. The minimum Gasteiger partial charge on any atom is -0.481 e. The van der Waals surface area contributed by atoms with E-state index in [0.717, 1.165) is 25.7 Å². The average molecular weight is 190 g/mol. The van der Waals surface area contributed by atoms with Crippen LogP contribution in [-0.2, 0) is 4.79 Å². The average Bonchev–Trinajstić information content (AvgIpc) is 2.10. The minimum atomic E-state index is -0.739. The topological polar surface area (TPSA) is 37.3 Å². The van der Waals surface area contributed by atoms with Gasteiger partial charge in [0, 0.05) is 6.42 Å². The van der Waals surface area contributed by atoms with Crippen molar-refractivity contribution in [2.45, 2.75) is 58.0 Å². The van der Waals surface area contributed by atoms with Gasteiger partial charge in [0.05, 0.1) is 6.17 Å². The monoisotopic (exact) mass is 190 g/mol. The summed E-state index contributed by atoms with van der Waals surface area (Å²) < 4.78 is 12.7. The molecule has 0 spiro atoms. The second-order valence-electron chi connectivity index (χ2n) is 3.35. The van der Waals surface area contributed by atoms with Gasteiger partial charge in [0.1, 0.15) is 0 Å². The van der Waals surface area contributed by atoms with E-state index in [2.05, 4.69) is 0 Å². The van der Waals surface area contributed by atoms with Crippen LogP contribution in [0.25, 0.3) is 0 Å². The van der Waals surface area contributed by atoms with Crippen molar-refractivity contribution in [1.82, 2.24) is 0 Å². The third-order valence-electron chi connectivity index (χ3n) is 2.10. The molecule has 0 aliphatic carbocycles. The van der Waals surface area contributed by atoms with Crippen molar-refractivity contribution in [3.05, 3.63) is 0 Å². The van der Waals surface area contributed by atoms with E-state index in [4.69, 9.17) is 5.11 Å². The molecule has 78 valence electrons. The molecule has 1 atom stereocenters. The Hall–Kier alpha value is -0.600. The highest BCUT2D eigenvalue weighted by molar-refractivity contribution is 5.66. The molecule has 0 fully saturated rings. The first-order chi connectivity index (χ1) is 6.16. The lowest BCUT2D eigenvalue weighted by Gasteiger charge is -2.03. The van der Waals surface area contributed by atoms with Gasteiger partial charge in [-0.25, -0.2) is 4.39 Å². The number of halogens is 1. The first kappa shape index (κ1) is 12.4. The Morgan fingerprint density at radius 2 is 1.92 bits per heavy atom. The van der Waals surface area contributed by atoms with Gasteiger partial charge in [-0.1, -0.05) is 26.2 Å². The van der Waals surface area contributed by atoms with Gasteiger partial charge in [-0.2, -0.15) is 0 Å². The van der Waals surface area contributed by atoms with E-state index in [0.29, 0.717) is 12.8 Å². The molecule has 0 amide bonds. The van der Waals surface area contributed by atoms with Crippen molar-refractivity contribution in [2.75, 3.05) is 0 Å². The van der Waals surface area contributed by atoms with Crippen LogP contribution in [0.1, 0.15) is 51.9 Å². The number of hydrogen-bond donors (Lipinski definition) is 1. The van der Waals surface area contributed by atoms with Crippen molar-refractivity contribution in [1.29, 1.82) is 0 Å². The summed E-state index contributed by atoms with van der Waals surface area (Å²) in [4.78, 5) is 10.1. The lowest BCUT2D eigenvalue weighted by Crippen LogP contribution is -1.97. The van der Waals surface area contributed by atoms with Crippen LogP contribution >= 0.6 is 0 Å². The summed E-state index contributed by atoms with van der Waals surface area (Å²) in [5.41, 5.74) is 0. The molecule has 0 aromatic heterocycles. The van der Waals surface area contributed by atoms with Crippen molar-refractivity contribution in [2.24, 2.45) is 0 Å². The van der Waals surface area contributed by atoms with Gasteiger partial charge < -0.3 is 5.11 Å². The summed E-state index contributed by atoms with van der Waals surface area (Å²) in [7, 11) is 0. The SMILES string of the molecule is CCC(F)CCCCCCC(=O)O. The predicted molar refractivity (Wildman–Crippen MR) is 50.5 cm³/mol. The van der Waals surface area contributed by atoms with Crippen molar-refractivity contribution in [3.63, 3.8) is 0 Å². The molecular weight excluding hydrogens is 171 g/mol. The molecule has 1 unspecified atom stereocenters. The first-order valence-electron chi connectivity index (χ1n) is 5.02. The van der Waals surface area contributed by atoms with Crippen LogP contribution in [0.4, 0.5) is 4.39 Å². The largest absolute Gasteiger partial charge is 0.481 e. The normalized spacial score (nSPS) is 12.8. The number of unbranched alkanes of at least 4 members (excludes halogenated alkanes) is 3. The van der Waals surface area contributed by atoms with Crippen LogP contribution in [0.3, 0.4) is 0 Å². The van der Waals surface area contributed by atoms with Gasteiger partial charge in [0.25, 0.3) is 0 Å². The Morgan fingerprint density at radius 1 is 1.31 bits per heavy atom. The molecule has 0 aliphatic heterocycles. The second kappa shape index (κ2) is 8.02. The Bertz CT molecular complexity index is 137. The maximum atomic E-state index is 12.7. The molecule has 0 aromatic rings. The molecule has 0 radical (unpaired) electrons.